The molecule has 4 nitrogen and oxygen atoms in total. The summed E-state index contributed by atoms with van der Waals surface area (Å²) in [5, 5.41) is 10.2. The Balaban J connectivity index is 2.55. The van der Waals surface area contributed by atoms with Gasteiger partial charge in [-0.1, -0.05) is 17.7 Å². The fourth-order valence-electron chi connectivity index (χ4n) is 1.96. The van der Waals surface area contributed by atoms with Crippen LogP contribution in [0.5, 0.6) is 0 Å². The van der Waals surface area contributed by atoms with Crippen LogP contribution in [0.3, 0.4) is 0 Å². The predicted octanol–water partition coefficient (Wildman–Crippen LogP) is 4.14. The van der Waals surface area contributed by atoms with Gasteiger partial charge in [0, 0.05) is 16.6 Å². The van der Waals surface area contributed by atoms with Crippen molar-refractivity contribution in [3.8, 4) is 6.07 Å². The molecule has 1 heterocycles. The molecule has 1 aromatic carbocycles. The summed E-state index contributed by atoms with van der Waals surface area (Å²) in [6, 6.07) is 7.34. The molecule has 0 N–H and O–H groups in total. The van der Waals surface area contributed by atoms with Crippen LogP contribution in [0.25, 0.3) is 10.9 Å². The molecule has 2 rings (SSSR count). The third-order valence-corrected chi connectivity index (χ3v) is 2.95. The topological polar surface area (TPSA) is 55.0 Å². The van der Waals surface area contributed by atoms with Crippen molar-refractivity contribution in [3.05, 3.63) is 35.0 Å². The molecule has 5 heteroatoms. The van der Waals surface area contributed by atoms with Crippen molar-refractivity contribution in [3.63, 3.8) is 0 Å². The van der Waals surface area contributed by atoms with E-state index in [2.05, 4.69) is 6.07 Å². The highest BCUT2D eigenvalue weighted by Gasteiger charge is 2.20. The van der Waals surface area contributed by atoms with Crippen LogP contribution in [0.4, 0.5) is 4.79 Å². The van der Waals surface area contributed by atoms with Gasteiger partial charge in [-0.05, 0) is 38.5 Å². The van der Waals surface area contributed by atoms with Gasteiger partial charge in [0.1, 0.15) is 5.60 Å². The van der Waals surface area contributed by atoms with Crippen LogP contribution >= 0.6 is 11.6 Å². The number of ether oxygens (including phenoxy) is 1. The second-order valence-corrected chi connectivity index (χ2v) is 5.94. The molecule has 20 heavy (non-hydrogen) atoms. The third kappa shape index (κ3) is 2.94. The van der Waals surface area contributed by atoms with E-state index in [1.54, 1.807) is 39.1 Å². The summed E-state index contributed by atoms with van der Waals surface area (Å²) in [6.07, 6.45) is 1.39. The quantitative estimate of drug-likeness (QED) is 0.793. The summed E-state index contributed by atoms with van der Waals surface area (Å²) >= 11 is 5.98. The molecule has 0 amide bonds. The van der Waals surface area contributed by atoms with Crippen LogP contribution in [-0.2, 0) is 11.2 Å². The molecule has 0 radical (unpaired) electrons. The maximum absolute atomic E-state index is 12.2. The summed E-state index contributed by atoms with van der Waals surface area (Å²) in [5.41, 5.74) is 0.851. The van der Waals surface area contributed by atoms with Gasteiger partial charge in [0.05, 0.1) is 18.0 Å². The molecule has 104 valence electrons. The van der Waals surface area contributed by atoms with Crippen LogP contribution in [0.15, 0.2) is 24.4 Å². The second-order valence-electron chi connectivity index (χ2n) is 5.50. The smallest absolute Gasteiger partial charge is 0.419 e. The van der Waals surface area contributed by atoms with E-state index in [1.165, 1.54) is 4.57 Å². The van der Waals surface area contributed by atoms with Gasteiger partial charge in [-0.25, -0.2) is 4.79 Å². The van der Waals surface area contributed by atoms with Crippen molar-refractivity contribution >= 4 is 28.6 Å². The molecule has 0 atom stereocenters. The number of benzene rings is 1. The summed E-state index contributed by atoms with van der Waals surface area (Å²) in [7, 11) is 0. The largest absolute Gasteiger partial charge is 0.443 e. The molecule has 0 aliphatic rings. The highest BCUT2D eigenvalue weighted by molar-refractivity contribution is 6.31. The van der Waals surface area contributed by atoms with E-state index in [-0.39, 0.29) is 6.42 Å². The van der Waals surface area contributed by atoms with Crippen LogP contribution in [0.1, 0.15) is 26.3 Å². The fraction of sp³-hybridized carbons (Fsp3) is 0.333. The van der Waals surface area contributed by atoms with Crippen molar-refractivity contribution < 1.29 is 9.53 Å². The molecule has 0 bridgehead atoms. The lowest BCUT2D eigenvalue weighted by Crippen LogP contribution is -2.26. The van der Waals surface area contributed by atoms with E-state index in [1.807, 2.05) is 6.07 Å². The first kappa shape index (κ1) is 14.4. The molecule has 2 aromatic rings. The summed E-state index contributed by atoms with van der Waals surface area (Å²) in [5.74, 6) is 0. The number of carbonyl (C=O) groups excluding carboxylic acids is 1. The number of aromatic nitrogens is 1. The first-order valence-corrected chi connectivity index (χ1v) is 6.59. The van der Waals surface area contributed by atoms with Gasteiger partial charge >= 0.3 is 6.09 Å². The lowest BCUT2D eigenvalue weighted by atomic mass is 10.1. The predicted molar refractivity (Wildman–Crippen MR) is 77.9 cm³/mol. The molecule has 1 aromatic heterocycles. The minimum atomic E-state index is -0.582. The minimum Gasteiger partial charge on any atom is -0.443 e. The van der Waals surface area contributed by atoms with E-state index < -0.39 is 11.7 Å². The average molecular weight is 291 g/mol. The van der Waals surface area contributed by atoms with Crippen LogP contribution in [0, 0.1) is 11.3 Å². The van der Waals surface area contributed by atoms with Gasteiger partial charge in [-0.2, -0.15) is 5.26 Å². The van der Waals surface area contributed by atoms with Crippen molar-refractivity contribution in [2.24, 2.45) is 0 Å². The van der Waals surface area contributed by atoms with Crippen molar-refractivity contribution in [2.45, 2.75) is 32.8 Å². The summed E-state index contributed by atoms with van der Waals surface area (Å²) in [4.78, 5) is 12.2. The fourth-order valence-corrected chi connectivity index (χ4v) is 2.13. The van der Waals surface area contributed by atoms with E-state index in [9.17, 15) is 4.79 Å². The molecule has 0 spiro atoms. The Morgan fingerprint density at radius 3 is 2.75 bits per heavy atom. The minimum absolute atomic E-state index is 0.230. The zero-order chi connectivity index (χ0) is 14.9. The normalized spacial score (nSPS) is 11.3. The van der Waals surface area contributed by atoms with E-state index >= 15 is 0 Å². The molecular weight excluding hydrogens is 276 g/mol. The van der Waals surface area contributed by atoms with E-state index in [0.29, 0.717) is 10.5 Å². The lowest BCUT2D eigenvalue weighted by molar-refractivity contribution is 0.0544. The third-order valence-electron chi connectivity index (χ3n) is 2.71. The molecule has 0 saturated carbocycles. The molecule has 0 aliphatic heterocycles. The Bertz CT molecular complexity index is 705. The van der Waals surface area contributed by atoms with E-state index in [0.717, 1.165) is 10.9 Å². The highest BCUT2D eigenvalue weighted by atomic mass is 35.5. The zero-order valence-corrected chi connectivity index (χ0v) is 12.4. The molecular formula is C15H15ClN2O2. The van der Waals surface area contributed by atoms with Gasteiger partial charge in [0.15, 0.2) is 0 Å². The van der Waals surface area contributed by atoms with Crippen LogP contribution in [-0.4, -0.2) is 16.3 Å². The number of hydrogen-bond donors (Lipinski definition) is 0. The first-order chi connectivity index (χ1) is 9.31. The summed E-state index contributed by atoms with van der Waals surface area (Å²) in [6.45, 7) is 5.42. The van der Waals surface area contributed by atoms with E-state index in [4.69, 9.17) is 21.6 Å². The first-order valence-electron chi connectivity index (χ1n) is 6.21. The molecule has 0 aliphatic carbocycles. The number of rotatable bonds is 1. The number of nitriles is 1. The number of hydrogen-bond acceptors (Lipinski definition) is 3. The Morgan fingerprint density at radius 1 is 1.45 bits per heavy atom. The van der Waals surface area contributed by atoms with Crippen molar-refractivity contribution in [1.82, 2.24) is 4.57 Å². The molecule has 0 unspecified atom stereocenters. The molecule has 0 saturated heterocycles. The van der Waals surface area contributed by atoms with Crippen LogP contribution < -0.4 is 0 Å². The van der Waals surface area contributed by atoms with Gasteiger partial charge < -0.3 is 4.74 Å². The van der Waals surface area contributed by atoms with Crippen molar-refractivity contribution in [2.75, 3.05) is 0 Å². The Labute approximate surface area is 122 Å². The maximum Gasteiger partial charge on any atom is 0.419 e. The number of nitrogens with zero attached hydrogens (tertiary/aromatic N) is 2. The number of halogens is 1. The standard InChI is InChI=1S/C15H15ClN2O2/c1-15(2,3)20-14(19)18-9-10(6-7-17)12-5-4-11(16)8-13(12)18/h4-5,8-9H,6H2,1-3H3. The van der Waals surface area contributed by atoms with Gasteiger partial charge in [-0.15, -0.1) is 0 Å². The average Bonchev–Trinajstić information content (AvgIpc) is 2.66. The van der Waals surface area contributed by atoms with Crippen LogP contribution in [0.2, 0.25) is 5.02 Å². The maximum atomic E-state index is 12.2. The Morgan fingerprint density at radius 2 is 2.15 bits per heavy atom. The summed E-state index contributed by atoms with van der Waals surface area (Å²) < 4.78 is 6.76. The van der Waals surface area contributed by atoms with Gasteiger partial charge in [0.2, 0.25) is 0 Å². The highest BCUT2D eigenvalue weighted by Crippen LogP contribution is 2.26. The van der Waals surface area contributed by atoms with Crippen molar-refractivity contribution in [1.29, 1.82) is 5.26 Å². The monoisotopic (exact) mass is 290 g/mol. The Hall–Kier alpha value is -1.99. The second kappa shape index (κ2) is 5.18. The van der Waals surface area contributed by atoms with Gasteiger partial charge in [-0.3, -0.25) is 4.57 Å². The lowest BCUT2D eigenvalue weighted by Gasteiger charge is -2.19. The molecule has 0 fully saturated rings. The number of carbonyl (C=O) groups is 1. The SMILES string of the molecule is CC(C)(C)OC(=O)n1cc(CC#N)c2ccc(Cl)cc21. The number of fused-ring (bicyclic) bond motifs is 1. The van der Waals surface area contributed by atoms with Gasteiger partial charge in [0.25, 0.3) is 0 Å². The Kier molecular flexibility index (Phi) is 3.74. The zero-order valence-electron chi connectivity index (χ0n) is 11.6.